The minimum absolute atomic E-state index is 0.0636. The fourth-order valence-corrected chi connectivity index (χ4v) is 1.80. The first-order valence-corrected chi connectivity index (χ1v) is 5.85. The fraction of sp³-hybridized carbons (Fsp3) is 0.538. The smallest absolute Gasteiger partial charge is 0.126 e. The van der Waals surface area contributed by atoms with Crippen molar-refractivity contribution in [3.05, 3.63) is 35.4 Å². The SMILES string of the molecule is CC(C)C(C)C(Cc1cc(F)ccc1F)NN. The molecular weight excluding hydrogens is 222 g/mol. The molecule has 1 aromatic rings. The molecule has 0 aliphatic carbocycles. The van der Waals surface area contributed by atoms with Crippen molar-refractivity contribution in [2.24, 2.45) is 17.7 Å². The summed E-state index contributed by atoms with van der Waals surface area (Å²) in [4.78, 5) is 0. The van der Waals surface area contributed by atoms with E-state index in [4.69, 9.17) is 5.84 Å². The molecule has 0 aromatic heterocycles. The molecule has 2 atom stereocenters. The van der Waals surface area contributed by atoms with Crippen molar-refractivity contribution in [2.75, 3.05) is 0 Å². The van der Waals surface area contributed by atoms with Gasteiger partial charge in [-0.25, -0.2) is 8.78 Å². The highest BCUT2D eigenvalue weighted by molar-refractivity contribution is 5.20. The zero-order chi connectivity index (χ0) is 13.0. The van der Waals surface area contributed by atoms with Crippen molar-refractivity contribution in [1.29, 1.82) is 0 Å². The monoisotopic (exact) mass is 242 g/mol. The molecule has 17 heavy (non-hydrogen) atoms. The lowest BCUT2D eigenvalue weighted by Gasteiger charge is -2.26. The van der Waals surface area contributed by atoms with Crippen LogP contribution in [-0.2, 0) is 6.42 Å². The lowest BCUT2D eigenvalue weighted by Crippen LogP contribution is -2.43. The van der Waals surface area contributed by atoms with Crippen LogP contribution < -0.4 is 11.3 Å². The third-order valence-electron chi connectivity index (χ3n) is 3.35. The van der Waals surface area contributed by atoms with Gasteiger partial charge in [-0.15, -0.1) is 0 Å². The molecule has 0 aliphatic rings. The molecule has 96 valence electrons. The molecule has 1 rings (SSSR count). The van der Waals surface area contributed by atoms with Crippen LogP contribution in [0.15, 0.2) is 18.2 Å². The van der Waals surface area contributed by atoms with Crippen LogP contribution in [0.25, 0.3) is 0 Å². The zero-order valence-electron chi connectivity index (χ0n) is 10.5. The molecule has 0 bridgehead atoms. The number of nitrogens with one attached hydrogen (secondary N) is 1. The van der Waals surface area contributed by atoms with Crippen LogP contribution in [0.5, 0.6) is 0 Å². The van der Waals surface area contributed by atoms with Gasteiger partial charge in [0.05, 0.1) is 0 Å². The van der Waals surface area contributed by atoms with E-state index in [-0.39, 0.29) is 17.8 Å². The summed E-state index contributed by atoms with van der Waals surface area (Å²) in [5.41, 5.74) is 3.05. The van der Waals surface area contributed by atoms with Crippen molar-refractivity contribution in [3.63, 3.8) is 0 Å². The van der Waals surface area contributed by atoms with E-state index in [1.807, 2.05) is 6.92 Å². The summed E-state index contributed by atoms with van der Waals surface area (Å²) in [6, 6.07) is 3.44. The van der Waals surface area contributed by atoms with Gasteiger partial charge in [0.1, 0.15) is 11.6 Å². The molecule has 0 amide bonds. The predicted molar refractivity (Wildman–Crippen MR) is 65.2 cm³/mol. The highest BCUT2D eigenvalue weighted by Crippen LogP contribution is 2.19. The molecule has 0 heterocycles. The predicted octanol–water partition coefficient (Wildman–Crippen LogP) is 2.63. The van der Waals surface area contributed by atoms with Crippen LogP contribution in [-0.4, -0.2) is 6.04 Å². The van der Waals surface area contributed by atoms with E-state index in [0.29, 0.717) is 17.9 Å². The standard InChI is InChI=1S/C13H20F2N2/c1-8(2)9(3)13(17-16)7-10-6-11(14)4-5-12(10)15/h4-6,8-9,13,17H,7,16H2,1-3H3. The van der Waals surface area contributed by atoms with Gasteiger partial charge in [-0.05, 0) is 42.0 Å². The second-order valence-electron chi connectivity index (χ2n) is 4.82. The number of rotatable bonds is 5. The number of hydrazine groups is 1. The summed E-state index contributed by atoms with van der Waals surface area (Å²) in [6.45, 7) is 6.21. The van der Waals surface area contributed by atoms with E-state index in [0.717, 1.165) is 12.1 Å². The molecule has 0 fully saturated rings. The van der Waals surface area contributed by atoms with Crippen molar-refractivity contribution < 1.29 is 8.78 Å². The Kier molecular flexibility index (Phi) is 5.02. The van der Waals surface area contributed by atoms with Crippen LogP contribution in [0.3, 0.4) is 0 Å². The molecule has 0 radical (unpaired) electrons. The highest BCUT2D eigenvalue weighted by atomic mass is 19.1. The molecule has 0 saturated carbocycles. The molecule has 1 aromatic carbocycles. The minimum atomic E-state index is -0.422. The molecule has 2 unspecified atom stereocenters. The van der Waals surface area contributed by atoms with Gasteiger partial charge in [0, 0.05) is 6.04 Å². The normalized spacial score (nSPS) is 15.0. The van der Waals surface area contributed by atoms with E-state index >= 15 is 0 Å². The molecular formula is C13H20F2N2. The Morgan fingerprint density at radius 2 is 1.88 bits per heavy atom. The molecule has 3 N–H and O–H groups in total. The Morgan fingerprint density at radius 1 is 1.24 bits per heavy atom. The average Bonchev–Trinajstić information content (AvgIpc) is 2.29. The minimum Gasteiger partial charge on any atom is -0.271 e. The maximum atomic E-state index is 13.5. The quantitative estimate of drug-likeness (QED) is 0.615. The first-order chi connectivity index (χ1) is 7.95. The first-order valence-electron chi connectivity index (χ1n) is 5.85. The number of halogens is 2. The summed E-state index contributed by atoms with van der Waals surface area (Å²) in [5, 5.41) is 0. The highest BCUT2D eigenvalue weighted by Gasteiger charge is 2.20. The molecule has 0 aliphatic heterocycles. The lowest BCUT2D eigenvalue weighted by atomic mass is 9.87. The maximum Gasteiger partial charge on any atom is 0.126 e. The van der Waals surface area contributed by atoms with Gasteiger partial charge in [-0.2, -0.15) is 0 Å². The average molecular weight is 242 g/mol. The summed E-state index contributed by atoms with van der Waals surface area (Å²) in [7, 11) is 0. The van der Waals surface area contributed by atoms with E-state index < -0.39 is 5.82 Å². The van der Waals surface area contributed by atoms with Gasteiger partial charge < -0.3 is 0 Å². The maximum absolute atomic E-state index is 13.5. The third-order valence-corrected chi connectivity index (χ3v) is 3.35. The fourth-order valence-electron chi connectivity index (χ4n) is 1.80. The van der Waals surface area contributed by atoms with Crippen molar-refractivity contribution >= 4 is 0 Å². The number of benzene rings is 1. The van der Waals surface area contributed by atoms with Crippen LogP contribution in [0.1, 0.15) is 26.3 Å². The van der Waals surface area contributed by atoms with Gasteiger partial charge in [0.2, 0.25) is 0 Å². The summed E-state index contributed by atoms with van der Waals surface area (Å²) < 4.78 is 26.5. The molecule has 0 spiro atoms. The summed E-state index contributed by atoms with van der Waals surface area (Å²) >= 11 is 0. The second kappa shape index (κ2) is 6.07. The third kappa shape index (κ3) is 3.75. The Bertz CT molecular complexity index is 366. The van der Waals surface area contributed by atoms with E-state index in [2.05, 4.69) is 19.3 Å². The Hall–Kier alpha value is -1.00. The van der Waals surface area contributed by atoms with Gasteiger partial charge in [-0.1, -0.05) is 20.8 Å². The number of hydrogen-bond donors (Lipinski definition) is 2. The Balaban J connectivity index is 2.83. The molecule has 4 heteroatoms. The van der Waals surface area contributed by atoms with E-state index in [1.165, 1.54) is 6.07 Å². The Labute approximate surface area is 101 Å². The zero-order valence-corrected chi connectivity index (χ0v) is 10.5. The summed E-state index contributed by atoms with van der Waals surface area (Å²) in [6.07, 6.45) is 0.388. The number of nitrogens with two attached hydrogens (primary N) is 1. The first kappa shape index (κ1) is 14.1. The molecule has 0 saturated heterocycles. The van der Waals surface area contributed by atoms with Gasteiger partial charge in [-0.3, -0.25) is 11.3 Å². The number of hydrogen-bond acceptors (Lipinski definition) is 2. The van der Waals surface area contributed by atoms with Gasteiger partial charge >= 0.3 is 0 Å². The van der Waals surface area contributed by atoms with Gasteiger partial charge in [0.25, 0.3) is 0 Å². The summed E-state index contributed by atoms with van der Waals surface area (Å²) in [5.74, 6) is 5.38. The van der Waals surface area contributed by atoms with Gasteiger partial charge in [0.15, 0.2) is 0 Å². The Morgan fingerprint density at radius 3 is 2.41 bits per heavy atom. The van der Waals surface area contributed by atoms with Crippen molar-refractivity contribution in [3.8, 4) is 0 Å². The van der Waals surface area contributed by atoms with Crippen molar-refractivity contribution in [2.45, 2.75) is 33.2 Å². The largest absolute Gasteiger partial charge is 0.271 e. The van der Waals surface area contributed by atoms with Crippen molar-refractivity contribution in [1.82, 2.24) is 5.43 Å². The van der Waals surface area contributed by atoms with Crippen LogP contribution >= 0.6 is 0 Å². The van der Waals surface area contributed by atoms with Crippen LogP contribution in [0, 0.1) is 23.5 Å². The van der Waals surface area contributed by atoms with E-state index in [9.17, 15) is 8.78 Å². The second-order valence-corrected chi connectivity index (χ2v) is 4.82. The topological polar surface area (TPSA) is 38.0 Å². The van der Waals surface area contributed by atoms with E-state index in [1.54, 1.807) is 0 Å². The van der Waals surface area contributed by atoms with Crippen LogP contribution in [0.2, 0.25) is 0 Å². The van der Waals surface area contributed by atoms with Crippen LogP contribution in [0.4, 0.5) is 8.78 Å². The lowest BCUT2D eigenvalue weighted by molar-refractivity contribution is 0.297. The molecule has 2 nitrogen and oxygen atoms in total.